The first-order chi connectivity index (χ1) is 14.9. The lowest BCUT2D eigenvalue weighted by molar-refractivity contribution is -0.176. The average molecular weight is 432 g/mol. The molecule has 2 fully saturated rings. The molecule has 0 spiro atoms. The number of hydrogen-bond acceptors (Lipinski definition) is 6. The van der Waals surface area contributed by atoms with E-state index in [1.807, 2.05) is 18.2 Å². The lowest BCUT2D eigenvalue weighted by Gasteiger charge is -2.38. The summed E-state index contributed by atoms with van der Waals surface area (Å²) in [5.41, 5.74) is 10.4. The van der Waals surface area contributed by atoms with Gasteiger partial charge in [0.05, 0.1) is 6.04 Å². The average Bonchev–Trinajstić information content (AvgIpc) is 3.14. The quantitative estimate of drug-likeness (QED) is 0.308. The zero-order valence-electron chi connectivity index (χ0n) is 17.9. The van der Waals surface area contributed by atoms with Gasteiger partial charge >= 0.3 is 11.9 Å². The zero-order valence-corrected chi connectivity index (χ0v) is 17.9. The van der Waals surface area contributed by atoms with Crippen molar-refractivity contribution in [2.45, 2.75) is 75.6 Å². The number of rotatable bonds is 9. The summed E-state index contributed by atoms with van der Waals surface area (Å²) >= 11 is 0. The third kappa shape index (κ3) is 4.75. The van der Waals surface area contributed by atoms with Crippen LogP contribution >= 0.6 is 0 Å². The van der Waals surface area contributed by atoms with Gasteiger partial charge in [-0.1, -0.05) is 49.6 Å². The normalized spacial score (nSPS) is 26.2. The minimum absolute atomic E-state index is 0.0469. The molecular formula is C23H33N3O5. The van der Waals surface area contributed by atoms with Gasteiger partial charge in [0, 0.05) is 6.04 Å². The van der Waals surface area contributed by atoms with Gasteiger partial charge in [-0.25, -0.2) is 9.59 Å². The van der Waals surface area contributed by atoms with Crippen LogP contribution in [-0.2, 0) is 25.7 Å². The molecule has 0 radical (unpaired) electrons. The summed E-state index contributed by atoms with van der Waals surface area (Å²) in [4.78, 5) is 40.5. The van der Waals surface area contributed by atoms with Crippen molar-refractivity contribution < 1.29 is 24.2 Å². The van der Waals surface area contributed by atoms with E-state index in [1.165, 1.54) is 4.90 Å². The van der Waals surface area contributed by atoms with Gasteiger partial charge in [-0.2, -0.15) is 0 Å². The van der Waals surface area contributed by atoms with Crippen LogP contribution in [0.3, 0.4) is 0 Å². The number of aliphatic carboxylic acids is 1. The topological polar surface area (TPSA) is 136 Å². The number of nitrogens with zero attached hydrogens (tertiary/aromatic N) is 1. The fourth-order valence-electron chi connectivity index (χ4n) is 4.99. The highest BCUT2D eigenvalue weighted by molar-refractivity contribution is 6.08. The maximum absolute atomic E-state index is 13.4. The number of unbranched alkanes of at least 4 members (excludes halogenated alkanes) is 1. The fourth-order valence-corrected chi connectivity index (χ4v) is 4.99. The molecule has 1 unspecified atom stereocenters. The first-order valence-electron chi connectivity index (χ1n) is 11.1. The summed E-state index contributed by atoms with van der Waals surface area (Å²) in [6, 6.07) is 7.90. The predicted molar refractivity (Wildman–Crippen MR) is 115 cm³/mol. The number of likely N-dealkylation sites (tertiary alicyclic amines) is 1. The monoisotopic (exact) mass is 431 g/mol. The van der Waals surface area contributed by atoms with E-state index < -0.39 is 29.4 Å². The number of carboxylic acids is 1. The Morgan fingerprint density at radius 1 is 1.16 bits per heavy atom. The highest BCUT2D eigenvalue weighted by atomic mass is 16.5. The Bertz CT molecular complexity index is 787. The molecule has 0 bridgehead atoms. The van der Waals surface area contributed by atoms with Gasteiger partial charge in [-0.15, -0.1) is 0 Å². The Kier molecular flexibility index (Phi) is 7.67. The third-order valence-corrected chi connectivity index (χ3v) is 6.60. The number of carbonyl (C=O) groups is 3. The third-order valence-electron chi connectivity index (χ3n) is 6.60. The van der Waals surface area contributed by atoms with Crippen molar-refractivity contribution >= 4 is 17.8 Å². The highest BCUT2D eigenvalue weighted by Gasteiger charge is 2.64. The van der Waals surface area contributed by atoms with Crippen LogP contribution in [0.5, 0.6) is 0 Å². The van der Waals surface area contributed by atoms with Crippen LogP contribution in [0.2, 0.25) is 0 Å². The smallest absolute Gasteiger partial charge is 0.344 e. The summed E-state index contributed by atoms with van der Waals surface area (Å²) in [5, 5.41) is 10.2. The molecule has 0 aromatic heterocycles. The van der Waals surface area contributed by atoms with Gasteiger partial charge in [0.15, 0.2) is 0 Å². The van der Waals surface area contributed by atoms with Crippen LogP contribution in [0.25, 0.3) is 0 Å². The largest absolute Gasteiger partial charge is 0.479 e. The first-order valence-corrected chi connectivity index (χ1v) is 11.1. The first kappa shape index (κ1) is 23.2. The van der Waals surface area contributed by atoms with E-state index in [-0.39, 0.29) is 25.0 Å². The molecule has 1 amide bonds. The molecule has 4 atom stereocenters. The summed E-state index contributed by atoms with van der Waals surface area (Å²) in [6.45, 7) is 0.453. The van der Waals surface area contributed by atoms with Crippen molar-refractivity contribution in [3.8, 4) is 0 Å². The molecule has 1 aromatic rings. The van der Waals surface area contributed by atoms with E-state index in [2.05, 4.69) is 0 Å². The van der Waals surface area contributed by atoms with Crippen molar-refractivity contribution in [1.82, 2.24) is 4.90 Å². The lowest BCUT2D eigenvalue weighted by atomic mass is 9.83. The zero-order chi connectivity index (χ0) is 22.4. The molecule has 170 valence electrons. The number of carbonyl (C=O) groups excluding carboxylic acids is 2. The molecule has 3 rings (SSSR count). The highest BCUT2D eigenvalue weighted by Crippen LogP contribution is 2.46. The second kappa shape index (κ2) is 10.2. The maximum atomic E-state index is 13.4. The van der Waals surface area contributed by atoms with Gasteiger partial charge < -0.3 is 26.2 Å². The van der Waals surface area contributed by atoms with Crippen molar-refractivity contribution in [2.24, 2.45) is 17.4 Å². The van der Waals surface area contributed by atoms with Gasteiger partial charge in [0.1, 0.15) is 6.61 Å². The Morgan fingerprint density at radius 2 is 1.87 bits per heavy atom. The van der Waals surface area contributed by atoms with Crippen LogP contribution in [0.4, 0.5) is 0 Å². The van der Waals surface area contributed by atoms with Gasteiger partial charge in [-0.05, 0) is 50.1 Å². The van der Waals surface area contributed by atoms with Gasteiger partial charge in [0.25, 0.3) is 0 Å². The molecule has 1 aliphatic carbocycles. The molecule has 31 heavy (non-hydrogen) atoms. The molecule has 5 N–H and O–H groups in total. The molecular weight excluding hydrogens is 398 g/mol. The second-order valence-electron chi connectivity index (χ2n) is 8.64. The Balaban J connectivity index is 1.87. The number of nitrogens with two attached hydrogens (primary N) is 2. The van der Waals surface area contributed by atoms with Crippen molar-refractivity contribution in [3.05, 3.63) is 35.9 Å². The van der Waals surface area contributed by atoms with Gasteiger partial charge in [0.2, 0.25) is 11.4 Å². The summed E-state index contributed by atoms with van der Waals surface area (Å²) in [6.07, 6.45) is 5.19. The van der Waals surface area contributed by atoms with Crippen molar-refractivity contribution in [3.63, 3.8) is 0 Å². The van der Waals surface area contributed by atoms with E-state index in [0.717, 1.165) is 31.2 Å². The second-order valence-corrected chi connectivity index (χ2v) is 8.64. The Hall–Kier alpha value is -2.45. The van der Waals surface area contributed by atoms with E-state index in [0.29, 0.717) is 25.8 Å². The summed E-state index contributed by atoms with van der Waals surface area (Å²) < 4.78 is 5.47. The molecule has 1 aliphatic heterocycles. The summed E-state index contributed by atoms with van der Waals surface area (Å²) in [5.74, 6) is -2.76. The van der Waals surface area contributed by atoms with E-state index in [1.54, 1.807) is 12.1 Å². The van der Waals surface area contributed by atoms with Crippen LogP contribution < -0.4 is 11.5 Å². The predicted octanol–water partition coefficient (Wildman–Crippen LogP) is 1.80. The molecule has 1 saturated heterocycles. The number of fused-ring (bicyclic) bond motifs is 1. The minimum atomic E-state index is -2.03. The number of carboxylic acid groups (broad SMARTS) is 1. The van der Waals surface area contributed by atoms with E-state index in [4.69, 9.17) is 16.2 Å². The number of hydrogen-bond donors (Lipinski definition) is 3. The molecule has 1 saturated carbocycles. The summed E-state index contributed by atoms with van der Waals surface area (Å²) in [7, 11) is 0. The maximum Gasteiger partial charge on any atom is 0.344 e. The molecule has 8 heteroatoms. The SMILES string of the molecule is NCCCCC(N)C(=O)N1[C@H]2CCCC[C@H]2C[C@]1(C(=O)O)C(=O)OCc1ccccc1. The number of esters is 1. The fraction of sp³-hybridized carbons (Fsp3) is 0.609. The molecule has 2 aliphatic rings. The molecule has 1 aromatic carbocycles. The number of benzene rings is 1. The van der Waals surface area contributed by atoms with Crippen LogP contribution in [0.1, 0.15) is 56.9 Å². The molecule has 1 heterocycles. The Labute approximate surface area is 182 Å². The van der Waals surface area contributed by atoms with Crippen LogP contribution in [-0.4, -0.2) is 52.0 Å². The Morgan fingerprint density at radius 3 is 2.55 bits per heavy atom. The van der Waals surface area contributed by atoms with Crippen LogP contribution in [0.15, 0.2) is 30.3 Å². The molecule has 8 nitrogen and oxygen atoms in total. The van der Waals surface area contributed by atoms with E-state index in [9.17, 15) is 19.5 Å². The van der Waals surface area contributed by atoms with Crippen molar-refractivity contribution in [1.29, 1.82) is 0 Å². The number of amides is 1. The standard InChI is InChI=1S/C23H33N3O5/c24-13-7-6-11-18(25)20(27)26-19-12-5-4-10-17(19)14-23(26,21(28)29)22(30)31-15-16-8-2-1-3-9-16/h1-3,8-9,17-19H,4-7,10-15,24-25H2,(H,28,29)/t17-,18?,19-,23-/m0/s1. The van der Waals surface area contributed by atoms with Crippen molar-refractivity contribution in [2.75, 3.05) is 6.54 Å². The lowest BCUT2D eigenvalue weighted by Crippen LogP contribution is -2.63. The van der Waals surface area contributed by atoms with Crippen LogP contribution in [0, 0.1) is 5.92 Å². The van der Waals surface area contributed by atoms with E-state index >= 15 is 0 Å². The number of ether oxygens (including phenoxy) is 1. The minimum Gasteiger partial charge on any atom is -0.479 e. The van der Waals surface area contributed by atoms with Gasteiger partial charge in [-0.3, -0.25) is 4.79 Å².